The monoisotopic (exact) mass is 215 g/mol. The number of thiophene rings is 1. The molecule has 4 heteroatoms. The molecule has 2 nitrogen and oxygen atoms in total. The minimum atomic E-state index is -0.506. The number of carbonyl (C=O) groups excluding carboxylic acids is 1. The maximum Gasteiger partial charge on any atom is 0.157 e. The van der Waals surface area contributed by atoms with Crippen LogP contribution in [0, 0.1) is 0 Å². The van der Waals surface area contributed by atoms with E-state index in [0.29, 0.717) is 6.42 Å². The average Bonchev–Trinajstić information content (AvgIpc) is 2.69. The van der Waals surface area contributed by atoms with Crippen molar-refractivity contribution in [3.8, 4) is 0 Å². The van der Waals surface area contributed by atoms with Crippen molar-refractivity contribution in [1.29, 1.82) is 0 Å². The fourth-order valence-corrected chi connectivity index (χ4v) is 2.12. The lowest BCUT2D eigenvalue weighted by atomic mass is 10.1. The van der Waals surface area contributed by atoms with Crippen LogP contribution in [-0.2, 0) is 11.2 Å². The lowest BCUT2D eigenvalue weighted by molar-refractivity contribution is -0.120. The lowest BCUT2D eigenvalue weighted by Gasteiger charge is -2.04. The Morgan fingerprint density at radius 2 is 2.38 bits per heavy atom. The molecule has 0 atom stereocenters. The van der Waals surface area contributed by atoms with Crippen molar-refractivity contribution in [3.05, 3.63) is 21.3 Å². The second kappa shape index (κ2) is 3.08. The van der Waals surface area contributed by atoms with E-state index in [2.05, 4.69) is 0 Å². The van der Waals surface area contributed by atoms with Crippen LogP contribution >= 0.6 is 22.9 Å². The van der Waals surface area contributed by atoms with E-state index < -0.39 is 5.54 Å². The van der Waals surface area contributed by atoms with Crippen LogP contribution in [0.2, 0.25) is 4.34 Å². The normalized spacial score (nSPS) is 18.6. The van der Waals surface area contributed by atoms with Crippen LogP contribution in [0.3, 0.4) is 0 Å². The summed E-state index contributed by atoms with van der Waals surface area (Å²) >= 11 is 7.20. The van der Waals surface area contributed by atoms with Crippen molar-refractivity contribution in [3.63, 3.8) is 0 Å². The number of halogens is 1. The molecule has 0 radical (unpaired) electrons. The molecule has 1 aromatic rings. The van der Waals surface area contributed by atoms with Gasteiger partial charge in [-0.2, -0.15) is 0 Å². The third kappa shape index (κ3) is 1.93. The van der Waals surface area contributed by atoms with Gasteiger partial charge in [0.2, 0.25) is 0 Å². The smallest absolute Gasteiger partial charge is 0.157 e. The molecule has 1 aliphatic carbocycles. The summed E-state index contributed by atoms with van der Waals surface area (Å²) in [7, 11) is 0. The standard InChI is InChI=1S/C9H10ClNOS/c10-8-4-6(5-13-8)3-7(12)9(11)1-2-9/h4-5H,1-3,11H2. The first-order valence-corrected chi connectivity index (χ1v) is 5.41. The summed E-state index contributed by atoms with van der Waals surface area (Å²) in [5, 5.41) is 1.91. The summed E-state index contributed by atoms with van der Waals surface area (Å²) in [5.74, 6) is 0.141. The summed E-state index contributed by atoms with van der Waals surface area (Å²) < 4.78 is 0.727. The molecule has 0 unspecified atom stereocenters. The van der Waals surface area contributed by atoms with E-state index in [1.807, 2.05) is 11.4 Å². The molecular formula is C9H10ClNOS. The molecule has 1 fully saturated rings. The minimum Gasteiger partial charge on any atom is -0.319 e. The third-order valence-corrected chi connectivity index (χ3v) is 3.47. The van der Waals surface area contributed by atoms with Crippen molar-refractivity contribution in [2.45, 2.75) is 24.8 Å². The Balaban J connectivity index is 2.02. The van der Waals surface area contributed by atoms with Crippen molar-refractivity contribution in [2.75, 3.05) is 0 Å². The van der Waals surface area contributed by atoms with Gasteiger partial charge in [0.25, 0.3) is 0 Å². The minimum absolute atomic E-state index is 0.141. The van der Waals surface area contributed by atoms with Gasteiger partial charge < -0.3 is 5.73 Å². The van der Waals surface area contributed by atoms with E-state index in [-0.39, 0.29) is 5.78 Å². The Morgan fingerprint density at radius 1 is 1.69 bits per heavy atom. The summed E-state index contributed by atoms with van der Waals surface area (Å²) in [6, 6.07) is 1.83. The molecule has 2 N–H and O–H groups in total. The van der Waals surface area contributed by atoms with E-state index in [4.69, 9.17) is 17.3 Å². The molecular weight excluding hydrogens is 206 g/mol. The van der Waals surface area contributed by atoms with E-state index in [1.165, 1.54) is 11.3 Å². The van der Waals surface area contributed by atoms with Gasteiger partial charge in [-0.05, 0) is 29.9 Å². The van der Waals surface area contributed by atoms with Crippen LogP contribution in [0.1, 0.15) is 18.4 Å². The van der Waals surface area contributed by atoms with Gasteiger partial charge in [0.1, 0.15) is 0 Å². The molecule has 0 spiro atoms. The zero-order valence-corrected chi connectivity index (χ0v) is 8.62. The molecule has 70 valence electrons. The number of carbonyl (C=O) groups is 1. The van der Waals surface area contributed by atoms with Gasteiger partial charge in [-0.25, -0.2) is 0 Å². The molecule has 0 amide bonds. The van der Waals surface area contributed by atoms with Gasteiger partial charge in [0.15, 0.2) is 5.78 Å². The van der Waals surface area contributed by atoms with E-state index in [1.54, 1.807) is 0 Å². The zero-order chi connectivity index (χ0) is 9.47. The maximum absolute atomic E-state index is 11.5. The first-order valence-electron chi connectivity index (χ1n) is 4.15. The predicted octanol–water partition coefficient (Wildman–Crippen LogP) is 2.00. The Labute approximate surface area is 85.7 Å². The first kappa shape index (κ1) is 9.19. The van der Waals surface area contributed by atoms with Crippen molar-refractivity contribution in [2.24, 2.45) is 5.73 Å². The first-order chi connectivity index (χ1) is 6.10. The van der Waals surface area contributed by atoms with Crippen LogP contribution in [0.15, 0.2) is 11.4 Å². The number of rotatable bonds is 3. The van der Waals surface area contributed by atoms with Crippen LogP contribution in [0.25, 0.3) is 0 Å². The molecule has 0 aliphatic heterocycles. The van der Waals surface area contributed by atoms with E-state index in [9.17, 15) is 4.79 Å². The highest BCUT2D eigenvalue weighted by atomic mass is 35.5. The van der Waals surface area contributed by atoms with Gasteiger partial charge in [-0.1, -0.05) is 11.6 Å². The second-order valence-corrected chi connectivity index (χ2v) is 5.06. The number of hydrogen-bond acceptors (Lipinski definition) is 3. The highest BCUT2D eigenvalue weighted by Crippen LogP contribution is 2.34. The topological polar surface area (TPSA) is 43.1 Å². The van der Waals surface area contributed by atoms with E-state index in [0.717, 1.165) is 22.7 Å². The van der Waals surface area contributed by atoms with Gasteiger partial charge in [-0.3, -0.25) is 4.79 Å². The SMILES string of the molecule is NC1(C(=O)Cc2csc(Cl)c2)CC1. The van der Waals surface area contributed by atoms with Crippen molar-refractivity contribution < 1.29 is 4.79 Å². The quantitative estimate of drug-likeness (QED) is 0.838. The molecule has 0 bridgehead atoms. The Hall–Kier alpha value is -0.380. The molecule has 0 saturated heterocycles. The molecule has 1 aromatic heterocycles. The fraction of sp³-hybridized carbons (Fsp3) is 0.444. The molecule has 1 heterocycles. The number of hydrogen-bond donors (Lipinski definition) is 1. The van der Waals surface area contributed by atoms with Gasteiger partial charge in [0, 0.05) is 6.42 Å². The van der Waals surface area contributed by atoms with Crippen LogP contribution in [-0.4, -0.2) is 11.3 Å². The largest absolute Gasteiger partial charge is 0.319 e. The fourth-order valence-electron chi connectivity index (χ4n) is 1.21. The number of Topliss-reactive ketones (excluding diaryl/α,β-unsaturated/α-hetero) is 1. The highest BCUT2D eigenvalue weighted by Gasteiger charge is 2.44. The Bertz CT molecular complexity index is 343. The summed E-state index contributed by atoms with van der Waals surface area (Å²) in [5.41, 5.74) is 6.24. The zero-order valence-electron chi connectivity index (χ0n) is 7.05. The molecule has 1 saturated carbocycles. The van der Waals surface area contributed by atoms with Crippen LogP contribution in [0.5, 0.6) is 0 Å². The van der Waals surface area contributed by atoms with Gasteiger partial charge >= 0.3 is 0 Å². The third-order valence-electron chi connectivity index (χ3n) is 2.33. The summed E-state index contributed by atoms with van der Waals surface area (Å²) in [6.07, 6.45) is 2.10. The maximum atomic E-state index is 11.5. The van der Waals surface area contributed by atoms with Crippen molar-refractivity contribution in [1.82, 2.24) is 0 Å². The van der Waals surface area contributed by atoms with Gasteiger partial charge in [-0.15, -0.1) is 11.3 Å². The van der Waals surface area contributed by atoms with Crippen LogP contribution < -0.4 is 5.73 Å². The summed E-state index contributed by atoms with van der Waals surface area (Å²) in [6.45, 7) is 0. The van der Waals surface area contributed by atoms with Crippen molar-refractivity contribution >= 4 is 28.7 Å². The molecule has 0 aromatic carbocycles. The van der Waals surface area contributed by atoms with Crippen LogP contribution in [0.4, 0.5) is 0 Å². The Morgan fingerprint density at radius 3 is 2.85 bits per heavy atom. The lowest BCUT2D eigenvalue weighted by Crippen LogP contribution is -2.33. The Kier molecular flexibility index (Phi) is 2.18. The van der Waals surface area contributed by atoms with E-state index >= 15 is 0 Å². The average molecular weight is 216 g/mol. The number of nitrogens with two attached hydrogens (primary N) is 1. The summed E-state index contributed by atoms with van der Waals surface area (Å²) in [4.78, 5) is 11.5. The number of ketones is 1. The second-order valence-electron chi connectivity index (χ2n) is 3.52. The molecule has 2 rings (SSSR count). The highest BCUT2D eigenvalue weighted by molar-refractivity contribution is 7.14. The predicted molar refractivity (Wildman–Crippen MR) is 54.2 cm³/mol. The van der Waals surface area contributed by atoms with Gasteiger partial charge in [0.05, 0.1) is 9.88 Å². The molecule has 13 heavy (non-hydrogen) atoms. The molecule has 1 aliphatic rings.